The van der Waals surface area contributed by atoms with Gasteiger partial charge in [-0.1, -0.05) is 41.1 Å². The molecule has 0 N–H and O–H groups in total. The third-order valence-electron chi connectivity index (χ3n) is 3.06. The minimum Gasteiger partial charge on any atom is -0.297 e. The van der Waals surface area contributed by atoms with Crippen LogP contribution in [0.15, 0.2) is 24.3 Å². The maximum atomic E-state index is 4.62. The Morgan fingerprint density at radius 2 is 2.12 bits per heavy atom. The van der Waals surface area contributed by atoms with Crippen LogP contribution < -0.4 is 0 Å². The first-order valence-electron chi connectivity index (χ1n) is 5.95. The summed E-state index contributed by atoms with van der Waals surface area (Å²) in [5.41, 5.74) is 2.38. The van der Waals surface area contributed by atoms with E-state index in [9.17, 15) is 0 Å². The number of hydrogen-bond acceptors (Lipinski definition) is 2. The van der Waals surface area contributed by atoms with E-state index in [1.165, 1.54) is 16.6 Å². The van der Waals surface area contributed by atoms with E-state index >= 15 is 0 Å². The molecule has 0 saturated heterocycles. The van der Waals surface area contributed by atoms with Crippen molar-refractivity contribution in [3.63, 3.8) is 0 Å². The maximum Gasteiger partial charge on any atom is 0.0843 e. The van der Waals surface area contributed by atoms with Crippen LogP contribution in [0.1, 0.15) is 12.6 Å². The Hall–Kier alpha value is -0.870. The number of aromatic nitrogens is 2. The molecule has 0 aliphatic heterocycles. The lowest BCUT2D eigenvalue weighted by molar-refractivity contribution is 0.295. The third-order valence-corrected chi connectivity index (χ3v) is 3.41. The summed E-state index contributed by atoms with van der Waals surface area (Å²) in [6, 6.07) is 8.41. The van der Waals surface area contributed by atoms with Crippen LogP contribution in [0.3, 0.4) is 0 Å². The van der Waals surface area contributed by atoms with Gasteiger partial charge in [0.25, 0.3) is 0 Å². The molecule has 1 heterocycles. The van der Waals surface area contributed by atoms with Crippen molar-refractivity contribution in [2.75, 3.05) is 18.4 Å². The molecule has 0 amide bonds. The molecule has 0 saturated carbocycles. The van der Waals surface area contributed by atoms with Gasteiger partial charge >= 0.3 is 0 Å². The number of aryl methyl sites for hydroxylation is 1. The zero-order valence-electron chi connectivity index (χ0n) is 10.4. The van der Waals surface area contributed by atoms with Gasteiger partial charge in [0.05, 0.1) is 11.2 Å². The minimum atomic E-state index is 0.920. The Morgan fingerprint density at radius 3 is 2.82 bits per heavy atom. The van der Waals surface area contributed by atoms with Crippen LogP contribution in [0.2, 0.25) is 0 Å². The Labute approximate surface area is 111 Å². The first-order valence-corrected chi connectivity index (χ1v) is 7.07. The van der Waals surface area contributed by atoms with Gasteiger partial charge in [0.2, 0.25) is 0 Å². The number of hydrogen-bond donors (Lipinski definition) is 0. The van der Waals surface area contributed by atoms with E-state index < -0.39 is 0 Å². The molecule has 0 radical (unpaired) electrons. The van der Waals surface area contributed by atoms with Gasteiger partial charge in [-0.25, -0.2) is 0 Å². The summed E-state index contributed by atoms with van der Waals surface area (Å²) >= 11 is 3.49. The lowest BCUT2D eigenvalue weighted by Crippen LogP contribution is -2.25. The number of nitrogens with zero attached hydrogens (tertiary/aromatic N) is 3. The number of para-hydroxylation sites is 1. The summed E-state index contributed by atoms with van der Waals surface area (Å²) in [6.07, 6.45) is 0. The van der Waals surface area contributed by atoms with E-state index in [4.69, 9.17) is 0 Å². The van der Waals surface area contributed by atoms with Gasteiger partial charge in [-0.2, -0.15) is 5.10 Å². The van der Waals surface area contributed by atoms with E-state index in [2.05, 4.69) is 57.1 Å². The first kappa shape index (κ1) is 12.6. The third kappa shape index (κ3) is 2.69. The van der Waals surface area contributed by atoms with Crippen molar-refractivity contribution in [1.82, 2.24) is 14.7 Å². The Kier molecular flexibility index (Phi) is 4.18. The van der Waals surface area contributed by atoms with E-state index in [0.717, 1.165) is 25.0 Å². The van der Waals surface area contributed by atoms with Crippen molar-refractivity contribution in [1.29, 1.82) is 0 Å². The fourth-order valence-electron chi connectivity index (χ4n) is 2.09. The van der Waals surface area contributed by atoms with Crippen LogP contribution in [0, 0.1) is 0 Å². The second-order valence-electron chi connectivity index (χ2n) is 4.15. The molecule has 1 aromatic heterocycles. The van der Waals surface area contributed by atoms with Crippen molar-refractivity contribution in [3.8, 4) is 0 Å². The molecule has 0 spiro atoms. The molecule has 92 valence electrons. The number of benzene rings is 1. The summed E-state index contributed by atoms with van der Waals surface area (Å²) in [6.45, 7) is 5.22. The topological polar surface area (TPSA) is 21.1 Å². The first-order chi connectivity index (χ1) is 8.26. The summed E-state index contributed by atoms with van der Waals surface area (Å²) in [7, 11) is 2.01. The van der Waals surface area contributed by atoms with Gasteiger partial charge in [0.1, 0.15) is 0 Å². The highest BCUT2D eigenvalue weighted by molar-refractivity contribution is 9.09. The quantitative estimate of drug-likeness (QED) is 0.791. The molecule has 0 atom stereocenters. The molecule has 0 aliphatic carbocycles. The standard InChI is InChI=1S/C13H18BrN3/c1-3-17(9-8-14)10-12-11-6-4-5-7-13(11)16(2)15-12/h4-7H,3,8-10H2,1-2H3. The van der Waals surface area contributed by atoms with Crippen LogP contribution in [0.25, 0.3) is 10.9 Å². The molecular formula is C13H18BrN3. The lowest BCUT2D eigenvalue weighted by atomic mass is 10.2. The fraction of sp³-hybridized carbons (Fsp3) is 0.462. The molecule has 17 heavy (non-hydrogen) atoms. The number of rotatable bonds is 5. The SMILES string of the molecule is CCN(CCBr)Cc1nn(C)c2ccccc12. The Morgan fingerprint density at radius 1 is 1.35 bits per heavy atom. The van der Waals surface area contributed by atoms with Crippen LogP contribution in [-0.2, 0) is 13.6 Å². The van der Waals surface area contributed by atoms with Crippen molar-refractivity contribution in [2.45, 2.75) is 13.5 Å². The zero-order valence-corrected chi connectivity index (χ0v) is 11.9. The van der Waals surface area contributed by atoms with E-state index in [1.54, 1.807) is 0 Å². The molecule has 0 unspecified atom stereocenters. The predicted octanol–water partition coefficient (Wildman–Crippen LogP) is 2.79. The number of fused-ring (bicyclic) bond motifs is 1. The average Bonchev–Trinajstić information content (AvgIpc) is 2.66. The van der Waals surface area contributed by atoms with E-state index in [0.29, 0.717) is 0 Å². The van der Waals surface area contributed by atoms with Gasteiger partial charge in [0, 0.05) is 30.9 Å². The number of halogens is 1. The Balaban J connectivity index is 2.29. The van der Waals surface area contributed by atoms with Crippen LogP contribution >= 0.6 is 15.9 Å². The second-order valence-corrected chi connectivity index (χ2v) is 4.94. The van der Waals surface area contributed by atoms with Gasteiger partial charge in [-0.05, 0) is 12.6 Å². The second kappa shape index (κ2) is 5.65. The predicted molar refractivity (Wildman–Crippen MR) is 75.5 cm³/mol. The molecule has 2 rings (SSSR count). The summed E-state index contributed by atoms with van der Waals surface area (Å²) < 4.78 is 1.96. The van der Waals surface area contributed by atoms with Crippen LogP contribution in [0.4, 0.5) is 0 Å². The van der Waals surface area contributed by atoms with Crippen LogP contribution in [-0.4, -0.2) is 33.1 Å². The van der Waals surface area contributed by atoms with Crippen molar-refractivity contribution in [2.24, 2.45) is 7.05 Å². The van der Waals surface area contributed by atoms with Gasteiger partial charge in [0.15, 0.2) is 0 Å². The molecule has 4 heteroatoms. The highest BCUT2D eigenvalue weighted by Crippen LogP contribution is 2.18. The zero-order chi connectivity index (χ0) is 12.3. The monoisotopic (exact) mass is 295 g/mol. The smallest absolute Gasteiger partial charge is 0.0843 e. The molecule has 0 aliphatic rings. The summed E-state index contributed by atoms with van der Waals surface area (Å²) in [4.78, 5) is 2.39. The summed E-state index contributed by atoms with van der Waals surface area (Å²) in [5.74, 6) is 0. The minimum absolute atomic E-state index is 0.920. The highest BCUT2D eigenvalue weighted by atomic mass is 79.9. The van der Waals surface area contributed by atoms with Gasteiger partial charge in [-0.15, -0.1) is 0 Å². The molecule has 2 aromatic rings. The largest absolute Gasteiger partial charge is 0.297 e. The van der Waals surface area contributed by atoms with Gasteiger partial charge in [-0.3, -0.25) is 9.58 Å². The van der Waals surface area contributed by atoms with Gasteiger partial charge < -0.3 is 0 Å². The van der Waals surface area contributed by atoms with Crippen molar-refractivity contribution >= 4 is 26.8 Å². The maximum absolute atomic E-state index is 4.62. The molecule has 3 nitrogen and oxygen atoms in total. The molecule has 0 fully saturated rings. The molecule has 0 bridgehead atoms. The fourth-order valence-corrected chi connectivity index (χ4v) is 2.59. The number of alkyl halides is 1. The van der Waals surface area contributed by atoms with Crippen molar-refractivity contribution < 1.29 is 0 Å². The van der Waals surface area contributed by atoms with E-state index in [1.807, 2.05) is 11.7 Å². The Bertz CT molecular complexity index is 492. The lowest BCUT2D eigenvalue weighted by Gasteiger charge is -2.17. The summed E-state index contributed by atoms with van der Waals surface area (Å²) in [5, 5.41) is 6.89. The van der Waals surface area contributed by atoms with Crippen molar-refractivity contribution in [3.05, 3.63) is 30.0 Å². The molecular weight excluding hydrogens is 278 g/mol. The van der Waals surface area contributed by atoms with Crippen LogP contribution in [0.5, 0.6) is 0 Å². The average molecular weight is 296 g/mol. The highest BCUT2D eigenvalue weighted by Gasteiger charge is 2.10. The molecule has 1 aromatic carbocycles. The normalized spacial score (nSPS) is 11.5. The van der Waals surface area contributed by atoms with E-state index in [-0.39, 0.29) is 0 Å².